The van der Waals surface area contributed by atoms with Gasteiger partial charge in [0.2, 0.25) is 5.95 Å². The number of rotatable bonds is 4. The average Bonchev–Trinajstić information content (AvgIpc) is 3.31. The maximum atomic E-state index is 12.9. The number of thiazole rings is 1. The largest absolute Gasteiger partial charge is 0.433 e. The van der Waals surface area contributed by atoms with E-state index in [1.165, 1.54) is 23.8 Å². The molecule has 0 spiro atoms. The minimum absolute atomic E-state index is 0.150. The number of nitrogens with one attached hydrogen (secondary N) is 1. The van der Waals surface area contributed by atoms with Gasteiger partial charge in [-0.3, -0.25) is 4.99 Å². The van der Waals surface area contributed by atoms with Gasteiger partial charge >= 0.3 is 6.18 Å². The highest BCUT2D eigenvalue weighted by Gasteiger charge is 2.33. The Labute approximate surface area is 167 Å². The SMILES string of the molecule is Cc1cc(Nc2nccc(C(F)(F)F)n2)cc(-c2cnc(C3(O)C=CN=C3)s2)c1. The van der Waals surface area contributed by atoms with Crippen LogP contribution < -0.4 is 5.32 Å². The highest BCUT2D eigenvalue weighted by molar-refractivity contribution is 7.15. The molecule has 1 aliphatic rings. The Balaban J connectivity index is 1.63. The summed E-state index contributed by atoms with van der Waals surface area (Å²) in [4.78, 5) is 16.4. The van der Waals surface area contributed by atoms with Gasteiger partial charge < -0.3 is 10.4 Å². The Morgan fingerprint density at radius 2 is 2.00 bits per heavy atom. The molecule has 0 radical (unpaired) electrons. The van der Waals surface area contributed by atoms with Crippen molar-refractivity contribution in [2.75, 3.05) is 5.32 Å². The Morgan fingerprint density at radius 1 is 1.17 bits per heavy atom. The zero-order valence-electron chi connectivity index (χ0n) is 15.0. The molecule has 0 amide bonds. The van der Waals surface area contributed by atoms with Crippen LogP contribution in [0.3, 0.4) is 0 Å². The molecule has 0 aliphatic carbocycles. The fraction of sp³-hybridized carbons (Fsp3) is 0.158. The fourth-order valence-corrected chi connectivity index (χ4v) is 3.72. The summed E-state index contributed by atoms with van der Waals surface area (Å²) in [6.45, 7) is 1.86. The third-order valence-corrected chi connectivity index (χ3v) is 5.29. The predicted octanol–water partition coefficient (Wildman–Crippen LogP) is 4.46. The lowest BCUT2D eigenvalue weighted by molar-refractivity contribution is -0.141. The maximum Gasteiger partial charge on any atom is 0.433 e. The molecule has 10 heteroatoms. The molecule has 3 aromatic rings. The Bertz CT molecular complexity index is 1110. The van der Waals surface area contributed by atoms with Crippen molar-refractivity contribution in [1.29, 1.82) is 0 Å². The first-order valence-corrected chi connectivity index (χ1v) is 9.25. The van der Waals surface area contributed by atoms with E-state index in [0.717, 1.165) is 28.3 Å². The minimum atomic E-state index is -4.55. The molecule has 0 bridgehead atoms. The standard InChI is InChI=1S/C19H14F3N5OS/c1-11-6-12(14-9-25-16(29-14)18(28)3-5-23-10-18)8-13(7-11)26-17-24-4-2-15(27-17)19(20,21)22/h2-10,28H,1H3,(H,24,26,27). The monoisotopic (exact) mass is 417 g/mol. The van der Waals surface area contributed by atoms with Crippen LogP contribution in [0.15, 0.2) is 53.9 Å². The summed E-state index contributed by atoms with van der Waals surface area (Å²) in [7, 11) is 0. The lowest BCUT2D eigenvalue weighted by Gasteiger charge is -2.12. The summed E-state index contributed by atoms with van der Waals surface area (Å²) >= 11 is 1.30. The number of aryl methyl sites for hydroxylation is 1. The van der Waals surface area contributed by atoms with Gasteiger partial charge in [-0.2, -0.15) is 13.2 Å². The van der Waals surface area contributed by atoms with Crippen LogP contribution in [-0.4, -0.2) is 26.3 Å². The van der Waals surface area contributed by atoms with Crippen molar-refractivity contribution >= 4 is 29.2 Å². The Kier molecular flexibility index (Phi) is 4.67. The second kappa shape index (κ2) is 7.05. The number of alkyl halides is 3. The summed E-state index contributed by atoms with van der Waals surface area (Å²) in [5, 5.41) is 13.8. The molecule has 0 saturated heterocycles. The number of nitrogens with zero attached hydrogens (tertiary/aromatic N) is 4. The molecule has 29 heavy (non-hydrogen) atoms. The first kappa shape index (κ1) is 19.2. The number of aliphatic hydroxyl groups is 1. The van der Waals surface area contributed by atoms with E-state index >= 15 is 0 Å². The molecule has 1 aromatic carbocycles. The number of hydrogen-bond donors (Lipinski definition) is 2. The molecule has 4 rings (SSSR count). The number of anilines is 2. The number of benzene rings is 1. The maximum absolute atomic E-state index is 12.9. The van der Waals surface area contributed by atoms with Crippen molar-refractivity contribution in [1.82, 2.24) is 15.0 Å². The van der Waals surface area contributed by atoms with Gasteiger partial charge in [-0.15, -0.1) is 11.3 Å². The van der Waals surface area contributed by atoms with Crippen LogP contribution in [0.4, 0.5) is 24.8 Å². The molecule has 148 valence electrons. The summed E-state index contributed by atoms with van der Waals surface area (Å²) in [6.07, 6.45) is 2.60. The molecule has 6 nitrogen and oxygen atoms in total. The summed E-state index contributed by atoms with van der Waals surface area (Å²) < 4.78 is 38.6. The molecule has 2 aromatic heterocycles. The minimum Gasteiger partial charge on any atom is -0.373 e. The molecule has 2 N–H and O–H groups in total. The van der Waals surface area contributed by atoms with Crippen molar-refractivity contribution in [3.63, 3.8) is 0 Å². The number of aliphatic imine (C=N–C) groups is 1. The first-order chi connectivity index (χ1) is 13.7. The second-order valence-electron chi connectivity index (χ2n) is 6.42. The van der Waals surface area contributed by atoms with E-state index < -0.39 is 17.5 Å². The van der Waals surface area contributed by atoms with E-state index in [1.54, 1.807) is 24.4 Å². The second-order valence-corrected chi connectivity index (χ2v) is 7.46. The van der Waals surface area contributed by atoms with Gasteiger partial charge in [0.25, 0.3) is 0 Å². The van der Waals surface area contributed by atoms with Crippen molar-refractivity contribution in [2.45, 2.75) is 18.7 Å². The van der Waals surface area contributed by atoms with Crippen LogP contribution in [0.5, 0.6) is 0 Å². The topological polar surface area (TPSA) is 83.3 Å². The van der Waals surface area contributed by atoms with Crippen LogP contribution in [-0.2, 0) is 11.8 Å². The van der Waals surface area contributed by atoms with E-state index in [0.29, 0.717) is 10.7 Å². The molecule has 3 heterocycles. The van der Waals surface area contributed by atoms with Crippen molar-refractivity contribution in [3.05, 3.63) is 65.2 Å². The zero-order valence-corrected chi connectivity index (χ0v) is 15.8. The van der Waals surface area contributed by atoms with Crippen LogP contribution in [0, 0.1) is 6.92 Å². The summed E-state index contributed by atoms with van der Waals surface area (Å²) in [6, 6.07) is 6.26. The van der Waals surface area contributed by atoms with E-state index in [4.69, 9.17) is 0 Å². The van der Waals surface area contributed by atoms with E-state index in [2.05, 4.69) is 25.3 Å². The third kappa shape index (κ3) is 4.03. The fourth-order valence-electron chi connectivity index (χ4n) is 2.78. The van der Waals surface area contributed by atoms with Gasteiger partial charge in [-0.1, -0.05) is 6.07 Å². The normalized spacial score (nSPS) is 18.4. The van der Waals surface area contributed by atoms with Crippen LogP contribution >= 0.6 is 11.3 Å². The highest BCUT2D eigenvalue weighted by atomic mass is 32.1. The summed E-state index contributed by atoms with van der Waals surface area (Å²) in [5.74, 6) is -0.150. The molecule has 1 atom stereocenters. The van der Waals surface area contributed by atoms with Gasteiger partial charge in [0.15, 0.2) is 5.60 Å². The molecule has 0 fully saturated rings. The van der Waals surface area contributed by atoms with Crippen LogP contribution in [0.2, 0.25) is 0 Å². The van der Waals surface area contributed by atoms with E-state index in [9.17, 15) is 18.3 Å². The number of hydrogen-bond acceptors (Lipinski definition) is 7. The van der Waals surface area contributed by atoms with Gasteiger partial charge in [0, 0.05) is 30.5 Å². The smallest absolute Gasteiger partial charge is 0.373 e. The Morgan fingerprint density at radius 3 is 2.72 bits per heavy atom. The lowest BCUT2D eigenvalue weighted by atomic mass is 10.1. The van der Waals surface area contributed by atoms with E-state index in [-0.39, 0.29) is 5.95 Å². The van der Waals surface area contributed by atoms with Crippen LogP contribution in [0.25, 0.3) is 10.4 Å². The first-order valence-electron chi connectivity index (χ1n) is 8.43. The van der Waals surface area contributed by atoms with Gasteiger partial charge in [0.1, 0.15) is 10.7 Å². The lowest BCUT2D eigenvalue weighted by Crippen LogP contribution is -2.21. The van der Waals surface area contributed by atoms with Crippen LogP contribution in [0.1, 0.15) is 16.3 Å². The quantitative estimate of drug-likeness (QED) is 0.655. The van der Waals surface area contributed by atoms with E-state index in [1.807, 2.05) is 13.0 Å². The van der Waals surface area contributed by atoms with Crippen molar-refractivity contribution in [3.8, 4) is 10.4 Å². The molecule has 0 saturated carbocycles. The molecule has 1 unspecified atom stereocenters. The number of aromatic nitrogens is 3. The molecular formula is C19H14F3N5OS. The average molecular weight is 417 g/mol. The Hall–Kier alpha value is -3.11. The van der Waals surface area contributed by atoms with Gasteiger partial charge in [-0.25, -0.2) is 15.0 Å². The number of halogens is 3. The third-order valence-electron chi connectivity index (χ3n) is 4.10. The zero-order chi connectivity index (χ0) is 20.6. The summed E-state index contributed by atoms with van der Waals surface area (Å²) in [5.41, 5.74) is -0.122. The molecule has 1 aliphatic heterocycles. The van der Waals surface area contributed by atoms with Gasteiger partial charge in [-0.05, 0) is 42.3 Å². The van der Waals surface area contributed by atoms with Crippen molar-refractivity contribution < 1.29 is 18.3 Å². The predicted molar refractivity (Wildman–Crippen MR) is 104 cm³/mol. The van der Waals surface area contributed by atoms with Gasteiger partial charge in [0.05, 0.1) is 4.88 Å². The molecular weight excluding hydrogens is 403 g/mol. The highest BCUT2D eigenvalue weighted by Crippen LogP contribution is 2.35. The van der Waals surface area contributed by atoms with Crippen molar-refractivity contribution in [2.24, 2.45) is 4.99 Å².